The SMILES string of the molecule is Cc1cc(-c2cccc(C(F)(F)F)c2C)ccc1Cl. The third-order valence-electron chi connectivity index (χ3n) is 3.11. The maximum atomic E-state index is 12.9. The Hall–Kier alpha value is -1.48. The monoisotopic (exact) mass is 284 g/mol. The average Bonchev–Trinajstić information content (AvgIpc) is 2.32. The number of hydrogen-bond acceptors (Lipinski definition) is 0. The topological polar surface area (TPSA) is 0 Å². The summed E-state index contributed by atoms with van der Waals surface area (Å²) < 4.78 is 38.6. The van der Waals surface area contributed by atoms with E-state index in [9.17, 15) is 13.2 Å². The molecular formula is C15H12ClF3. The van der Waals surface area contributed by atoms with Gasteiger partial charge in [-0.2, -0.15) is 13.2 Å². The number of hydrogen-bond donors (Lipinski definition) is 0. The van der Waals surface area contributed by atoms with Crippen molar-refractivity contribution in [1.82, 2.24) is 0 Å². The van der Waals surface area contributed by atoms with Crippen LogP contribution in [-0.4, -0.2) is 0 Å². The normalized spacial score (nSPS) is 11.7. The first-order valence-electron chi connectivity index (χ1n) is 5.74. The zero-order chi connectivity index (χ0) is 14.2. The van der Waals surface area contributed by atoms with E-state index in [0.717, 1.165) is 17.2 Å². The molecule has 4 heteroatoms. The summed E-state index contributed by atoms with van der Waals surface area (Å²) in [6, 6.07) is 9.44. The minimum absolute atomic E-state index is 0.233. The number of halogens is 4. The van der Waals surface area contributed by atoms with Crippen LogP contribution >= 0.6 is 11.6 Å². The van der Waals surface area contributed by atoms with E-state index < -0.39 is 11.7 Å². The molecule has 0 amide bonds. The van der Waals surface area contributed by atoms with Crippen molar-refractivity contribution in [2.24, 2.45) is 0 Å². The van der Waals surface area contributed by atoms with Crippen molar-refractivity contribution in [1.29, 1.82) is 0 Å². The van der Waals surface area contributed by atoms with Crippen molar-refractivity contribution < 1.29 is 13.2 Å². The van der Waals surface area contributed by atoms with E-state index in [-0.39, 0.29) is 5.56 Å². The van der Waals surface area contributed by atoms with E-state index in [1.54, 1.807) is 24.3 Å². The molecule has 2 aromatic carbocycles. The highest BCUT2D eigenvalue weighted by atomic mass is 35.5. The minimum Gasteiger partial charge on any atom is -0.166 e. The van der Waals surface area contributed by atoms with Crippen molar-refractivity contribution in [3.05, 3.63) is 58.1 Å². The van der Waals surface area contributed by atoms with Gasteiger partial charge in [0, 0.05) is 5.02 Å². The zero-order valence-electron chi connectivity index (χ0n) is 10.5. The predicted octanol–water partition coefficient (Wildman–Crippen LogP) is 5.64. The van der Waals surface area contributed by atoms with Crippen molar-refractivity contribution in [3.63, 3.8) is 0 Å². The first kappa shape index (κ1) is 13.9. The number of rotatable bonds is 1. The van der Waals surface area contributed by atoms with Crippen LogP contribution in [0.25, 0.3) is 11.1 Å². The highest BCUT2D eigenvalue weighted by Gasteiger charge is 2.32. The Balaban J connectivity index is 2.60. The zero-order valence-corrected chi connectivity index (χ0v) is 11.2. The second-order valence-electron chi connectivity index (χ2n) is 4.44. The number of alkyl halides is 3. The van der Waals surface area contributed by atoms with Gasteiger partial charge in [0.05, 0.1) is 5.56 Å². The molecule has 0 nitrogen and oxygen atoms in total. The van der Waals surface area contributed by atoms with Gasteiger partial charge in [-0.3, -0.25) is 0 Å². The lowest BCUT2D eigenvalue weighted by Gasteiger charge is -2.14. The largest absolute Gasteiger partial charge is 0.416 e. The standard InChI is InChI=1S/C15H12ClF3/c1-9-8-11(6-7-14(9)16)12-4-3-5-13(10(12)2)15(17,18)19/h3-8H,1-2H3. The Bertz CT molecular complexity index is 615. The second-order valence-corrected chi connectivity index (χ2v) is 4.85. The van der Waals surface area contributed by atoms with Crippen molar-refractivity contribution >= 4 is 11.6 Å². The Labute approximate surface area is 114 Å². The second kappa shape index (κ2) is 4.89. The van der Waals surface area contributed by atoms with Crippen molar-refractivity contribution in [2.45, 2.75) is 20.0 Å². The van der Waals surface area contributed by atoms with Crippen LogP contribution in [0, 0.1) is 13.8 Å². The van der Waals surface area contributed by atoms with Gasteiger partial charge >= 0.3 is 6.18 Å². The smallest absolute Gasteiger partial charge is 0.166 e. The van der Waals surface area contributed by atoms with Crippen molar-refractivity contribution in [3.8, 4) is 11.1 Å². The maximum Gasteiger partial charge on any atom is 0.416 e. The minimum atomic E-state index is -4.33. The van der Waals surface area contributed by atoms with Crippen LogP contribution in [0.5, 0.6) is 0 Å². The first-order chi connectivity index (χ1) is 8.80. The molecule has 0 fully saturated rings. The molecule has 0 saturated carbocycles. The third-order valence-corrected chi connectivity index (χ3v) is 3.53. The molecular weight excluding hydrogens is 273 g/mol. The Morgan fingerprint density at radius 1 is 1.00 bits per heavy atom. The highest BCUT2D eigenvalue weighted by Crippen LogP contribution is 2.36. The maximum absolute atomic E-state index is 12.9. The van der Waals surface area contributed by atoms with Crippen LogP contribution in [0.1, 0.15) is 16.7 Å². The molecule has 0 saturated heterocycles. The van der Waals surface area contributed by atoms with Crippen LogP contribution in [0.2, 0.25) is 5.02 Å². The van der Waals surface area contributed by atoms with Crippen LogP contribution in [0.15, 0.2) is 36.4 Å². The number of benzene rings is 2. The summed E-state index contributed by atoms with van der Waals surface area (Å²) in [5.74, 6) is 0. The molecule has 19 heavy (non-hydrogen) atoms. The van der Waals surface area contributed by atoms with Gasteiger partial charge in [-0.25, -0.2) is 0 Å². The fourth-order valence-corrected chi connectivity index (χ4v) is 2.19. The van der Waals surface area contributed by atoms with Crippen LogP contribution in [0.4, 0.5) is 13.2 Å². The molecule has 0 atom stereocenters. The molecule has 2 rings (SSSR count). The molecule has 0 aliphatic carbocycles. The molecule has 0 spiro atoms. The van der Waals surface area contributed by atoms with Gasteiger partial charge in [0.25, 0.3) is 0 Å². The number of aryl methyl sites for hydroxylation is 1. The lowest BCUT2D eigenvalue weighted by Crippen LogP contribution is -2.08. The Morgan fingerprint density at radius 3 is 2.26 bits per heavy atom. The van der Waals surface area contributed by atoms with Gasteiger partial charge in [0.1, 0.15) is 0 Å². The molecule has 0 unspecified atom stereocenters. The third kappa shape index (κ3) is 2.76. The van der Waals surface area contributed by atoms with Crippen LogP contribution in [-0.2, 0) is 6.18 Å². The van der Waals surface area contributed by atoms with Gasteiger partial charge in [-0.1, -0.05) is 29.8 Å². The summed E-state index contributed by atoms with van der Waals surface area (Å²) in [6.07, 6.45) is -4.33. The van der Waals surface area contributed by atoms with E-state index >= 15 is 0 Å². The van der Waals surface area contributed by atoms with Gasteiger partial charge in [-0.15, -0.1) is 0 Å². The fraction of sp³-hybridized carbons (Fsp3) is 0.200. The molecule has 100 valence electrons. The summed E-state index contributed by atoms with van der Waals surface area (Å²) in [6.45, 7) is 3.32. The van der Waals surface area contributed by atoms with Crippen LogP contribution in [0.3, 0.4) is 0 Å². The highest BCUT2D eigenvalue weighted by molar-refractivity contribution is 6.31. The lowest BCUT2D eigenvalue weighted by atomic mass is 9.95. The molecule has 2 aromatic rings. The van der Waals surface area contributed by atoms with Gasteiger partial charge in [0.15, 0.2) is 0 Å². The van der Waals surface area contributed by atoms with Gasteiger partial charge in [-0.05, 0) is 54.3 Å². The summed E-state index contributed by atoms with van der Waals surface area (Å²) in [5, 5.41) is 0.605. The Kier molecular flexibility index (Phi) is 3.59. The van der Waals surface area contributed by atoms with E-state index in [2.05, 4.69) is 0 Å². The van der Waals surface area contributed by atoms with E-state index in [1.807, 2.05) is 6.92 Å². The molecule has 0 N–H and O–H groups in total. The molecule has 0 heterocycles. The van der Waals surface area contributed by atoms with E-state index in [4.69, 9.17) is 11.6 Å². The molecule has 0 aliphatic heterocycles. The first-order valence-corrected chi connectivity index (χ1v) is 6.12. The summed E-state index contributed by atoms with van der Waals surface area (Å²) in [7, 11) is 0. The van der Waals surface area contributed by atoms with Gasteiger partial charge in [0.2, 0.25) is 0 Å². The van der Waals surface area contributed by atoms with Gasteiger partial charge < -0.3 is 0 Å². The average molecular weight is 285 g/mol. The van der Waals surface area contributed by atoms with Crippen molar-refractivity contribution in [2.75, 3.05) is 0 Å². The van der Waals surface area contributed by atoms with E-state index in [0.29, 0.717) is 10.6 Å². The summed E-state index contributed by atoms with van der Waals surface area (Å²) >= 11 is 5.93. The lowest BCUT2D eigenvalue weighted by molar-refractivity contribution is -0.138. The fourth-order valence-electron chi connectivity index (χ4n) is 2.07. The van der Waals surface area contributed by atoms with Crippen LogP contribution < -0.4 is 0 Å². The quantitative estimate of drug-likeness (QED) is 0.635. The molecule has 0 bridgehead atoms. The molecule has 0 aromatic heterocycles. The Morgan fingerprint density at radius 2 is 1.68 bits per heavy atom. The summed E-state index contributed by atoms with van der Waals surface area (Å²) in [5.41, 5.74) is 1.80. The molecule has 0 radical (unpaired) electrons. The summed E-state index contributed by atoms with van der Waals surface area (Å²) in [4.78, 5) is 0. The van der Waals surface area contributed by atoms with E-state index in [1.165, 1.54) is 13.0 Å². The predicted molar refractivity (Wildman–Crippen MR) is 71.4 cm³/mol. The molecule has 0 aliphatic rings.